The maximum atomic E-state index is 11.8. The molecule has 1 aliphatic rings. The lowest BCUT2D eigenvalue weighted by molar-refractivity contribution is -0.116. The summed E-state index contributed by atoms with van der Waals surface area (Å²) in [5.41, 5.74) is 6.79. The number of nitrogens with one attached hydrogen (secondary N) is 1. The highest BCUT2D eigenvalue weighted by Crippen LogP contribution is 2.22. The van der Waals surface area contributed by atoms with Gasteiger partial charge in [0.2, 0.25) is 5.91 Å². The summed E-state index contributed by atoms with van der Waals surface area (Å²) in [6.07, 6.45) is 3.50. The summed E-state index contributed by atoms with van der Waals surface area (Å²) in [4.78, 5) is 11.8. The highest BCUT2D eigenvalue weighted by atomic mass is 35.5. The molecule has 1 atom stereocenters. The van der Waals surface area contributed by atoms with Crippen LogP contribution in [0.1, 0.15) is 25.7 Å². The standard InChI is InChI=1S/C15H21ClN2O3/c16-13-6-5-11(9-14(13)17)18-15(19)4-2-7-20-10-12-3-1-8-21-12/h5-6,9,12H,1-4,7-8,10,17H2,(H,18,19). The Morgan fingerprint density at radius 2 is 2.38 bits per heavy atom. The van der Waals surface area contributed by atoms with Gasteiger partial charge in [-0.1, -0.05) is 11.6 Å². The van der Waals surface area contributed by atoms with Crippen LogP contribution in [0.25, 0.3) is 0 Å². The van der Waals surface area contributed by atoms with Crippen LogP contribution in [0.3, 0.4) is 0 Å². The third kappa shape index (κ3) is 5.53. The number of halogens is 1. The molecule has 2 rings (SSSR count). The fraction of sp³-hybridized carbons (Fsp3) is 0.533. The number of hydrogen-bond acceptors (Lipinski definition) is 4. The fourth-order valence-electron chi connectivity index (χ4n) is 2.17. The lowest BCUT2D eigenvalue weighted by Gasteiger charge is -2.10. The monoisotopic (exact) mass is 312 g/mol. The first-order chi connectivity index (χ1) is 10.1. The Bertz CT molecular complexity index is 476. The first-order valence-electron chi connectivity index (χ1n) is 7.19. The number of hydrogen-bond donors (Lipinski definition) is 2. The summed E-state index contributed by atoms with van der Waals surface area (Å²) in [6.45, 7) is 2.02. The van der Waals surface area contributed by atoms with Crippen molar-refractivity contribution in [2.45, 2.75) is 31.8 Å². The Balaban J connectivity index is 1.59. The minimum Gasteiger partial charge on any atom is -0.397 e. The number of rotatable bonds is 7. The highest BCUT2D eigenvalue weighted by Gasteiger charge is 2.15. The van der Waals surface area contributed by atoms with Crippen molar-refractivity contribution >= 4 is 28.9 Å². The second kappa shape index (κ2) is 8.22. The van der Waals surface area contributed by atoms with Crippen LogP contribution in [0.4, 0.5) is 11.4 Å². The van der Waals surface area contributed by atoms with E-state index in [1.54, 1.807) is 18.2 Å². The van der Waals surface area contributed by atoms with Gasteiger partial charge >= 0.3 is 0 Å². The van der Waals surface area contributed by atoms with Crippen molar-refractivity contribution in [1.29, 1.82) is 0 Å². The van der Waals surface area contributed by atoms with Crippen LogP contribution in [0.15, 0.2) is 18.2 Å². The predicted octanol–water partition coefficient (Wildman–Crippen LogP) is 2.84. The molecule has 0 aliphatic carbocycles. The van der Waals surface area contributed by atoms with Crippen molar-refractivity contribution in [1.82, 2.24) is 0 Å². The molecular weight excluding hydrogens is 292 g/mol. The zero-order valence-corrected chi connectivity index (χ0v) is 12.7. The van der Waals surface area contributed by atoms with Crippen molar-refractivity contribution in [3.8, 4) is 0 Å². The number of ether oxygens (including phenoxy) is 2. The lowest BCUT2D eigenvalue weighted by Crippen LogP contribution is -2.16. The number of benzene rings is 1. The first-order valence-corrected chi connectivity index (χ1v) is 7.57. The minimum atomic E-state index is -0.0579. The smallest absolute Gasteiger partial charge is 0.224 e. The molecule has 1 fully saturated rings. The molecule has 0 saturated carbocycles. The number of carbonyl (C=O) groups excluding carboxylic acids is 1. The molecule has 1 unspecified atom stereocenters. The van der Waals surface area contributed by atoms with Gasteiger partial charge in [-0.2, -0.15) is 0 Å². The van der Waals surface area contributed by atoms with Crippen LogP contribution in [0, 0.1) is 0 Å². The Labute approximate surface area is 129 Å². The Hall–Kier alpha value is -1.30. The van der Waals surface area contributed by atoms with E-state index in [9.17, 15) is 4.79 Å². The molecule has 1 aliphatic heterocycles. The summed E-state index contributed by atoms with van der Waals surface area (Å²) in [6, 6.07) is 5.04. The van der Waals surface area contributed by atoms with Crippen molar-refractivity contribution in [2.24, 2.45) is 0 Å². The summed E-state index contributed by atoms with van der Waals surface area (Å²) in [5.74, 6) is -0.0579. The molecule has 0 bridgehead atoms. The zero-order valence-electron chi connectivity index (χ0n) is 11.9. The second-order valence-electron chi connectivity index (χ2n) is 5.10. The van der Waals surface area contributed by atoms with E-state index >= 15 is 0 Å². The van der Waals surface area contributed by atoms with E-state index in [1.807, 2.05) is 0 Å². The maximum absolute atomic E-state index is 11.8. The molecular formula is C15H21ClN2O3. The number of anilines is 2. The van der Waals surface area contributed by atoms with Gasteiger partial charge in [0.25, 0.3) is 0 Å². The highest BCUT2D eigenvalue weighted by molar-refractivity contribution is 6.33. The van der Waals surface area contributed by atoms with Crippen LogP contribution in [0.5, 0.6) is 0 Å². The van der Waals surface area contributed by atoms with Crippen LogP contribution in [0.2, 0.25) is 5.02 Å². The largest absolute Gasteiger partial charge is 0.397 e. The first kappa shape index (κ1) is 16.1. The summed E-state index contributed by atoms with van der Waals surface area (Å²) >= 11 is 5.82. The average Bonchev–Trinajstić information content (AvgIpc) is 2.96. The topological polar surface area (TPSA) is 73.6 Å². The van der Waals surface area contributed by atoms with Gasteiger partial charge in [0.05, 0.1) is 23.4 Å². The van der Waals surface area contributed by atoms with Crippen molar-refractivity contribution in [3.05, 3.63) is 23.2 Å². The van der Waals surface area contributed by atoms with E-state index in [4.69, 9.17) is 26.8 Å². The van der Waals surface area contributed by atoms with Gasteiger partial charge in [0, 0.05) is 25.3 Å². The number of nitrogen functional groups attached to an aromatic ring is 1. The number of nitrogens with two attached hydrogens (primary N) is 1. The quantitative estimate of drug-likeness (QED) is 0.600. The molecule has 0 spiro atoms. The Morgan fingerprint density at radius 3 is 3.10 bits per heavy atom. The third-order valence-corrected chi connectivity index (χ3v) is 3.64. The van der Waals surface area contributed by atoms with Gasteiger partial charge in [-0.25, -0.2) is 0 Å². The molecule has 3 N–H and O–H groups in total. The Kier molecular flexibility index (Phi) is 6.29. The van der Waals surface area contributed by atoms with Gasteiger partial charge in [0.15, 0.2) is 0 Å². The molecule has 21 heavy (non-hydrogen) atoms. The summed E-state index contributed by atoms with van der Waals surface area (Å²) in [7, 11) is 0. The van der Waals surface area contributed by atoms with Gasteiger partial charge in [-0.15, -0.1) is 0 Å². The van der Waals surface area contributed by atoms with Crippen LogP contribution in [-0.4, -0.2) is 31.8 Å². The molecule has 116 valence electrons. The predicted molar refractivity (Wildman–Crippen MR) is 83.5 cm³/mol. The van der Waals surface area contributed by atoms with Gasteiger partial charge in [-0.3, -0.25) is 4.79 Å². The van der Waals surface area contributed by atoms with Gasteiger partial charge in [-0.05, 0) is 37.5 Å². The molecule has 1 heterocycles. The van der Waals surface area contributed by atoms with Crippen LogP contribution >= 0.6 is 11.6 Å². The molecule has 0 aromatic heterocycles. The summed E-state index contributed by atoms with van der Waals surface area (Å²) < 4.78 is 11.0. The van der Waals surface area contributed by atoms with Gasteiger partial charge < -0.3 is 20.5 Å². The Morgan fingerprint density at radius 1 is 1.52 bits per heavy atom. The molecule has 1 aromatic carbocycles. The van der Waals surface area contributed by atoms with Crippen LogP contribution < -0.4 is 11.1 Å². The lowest BCUT2D eigenvalue weighted by atomic mass is 10.2. The molecule has 6 heteroatoms. The number of amides is 1. The molecule has 1 aromatic rings. The van der Waals surface area contributed by atoms with Crippen molar-refractivity contribution < 1.29 is 14.3 Å². The molecule has 1 saturated heterocycles. The SMILES string of the molecule is Nc1cc(NC(=O)CCCOCC2CCCO2)ccc1Cl. The maximum Gasteiger partial charge on any atom is 0.224 e. The number of carbonyl (C=O) groups is 1. The minimum absolute atomic E-state index is 0.0579. The van der Waals surface area contributed by atoms with E-state index in [-0.39, 0.29) is 12.0 Å². The van der Waals surface area contributed by atoms with Crippen molar-refractivity contribution in [2.75, 3.05) is 30.9 Å². The third-order valence-electron chi connectivity index (χ3n) is 3.30. The van der Waals surface area contributed by atoms with Crippen molar-refractivity contribution in [3.63, 3.8) is 0 Å². The van der Waals surface area contributed by atoms with Gasteiger partial charge in [0.1, 0.15) is 0 Å². The van der Waals surface area contributed by atoms with E-state index in [1.165, 1.54) is 0 Å². The van der Waals surface area contributed by atoms with E-state index < -0.39 is 0 Å². The summed E-state index contributed by atoms with van der Waals surface area (Å²) in [5, 5.41) is 3.27. The van der Waals surface area contributed by atoms with E-state index in [2.05, 4.69) is 5.32 Å². The fourth-order valence-corrected chi connectivity index (χ4v) is 2.29. The normalized spacial score (nSPS) is 17.9. The second-order valence-corrected chi connectivity index (χ2v) is 5.51. The molecule has 1 amide bonds. The molecule has 0 radical (unpaired) electrons. The van der Waals surface area contributed by atoms with E-state index in [0.717, 1.165) is 19.4 Å². The van der Waals surface area contributed by atoms with Crippen LogP contribution in [-0.2, 0) is 14.3 Å². The van der Waals surface area contributed by atoms with E-state index in [0.29, 0.717) is 42.5 Å². The zero-order chi connectivity index (χ0) is 15.1. The average molecular weight is 313 g/mol. The molecule has 5 nitrogen and oxygen atoms in total.